The molecule has 1 amide bonds. The lowest BCUT2D eigenvalue weighted by Crippen LogP contribution is -2.38. The summed E-state index contributed by atoms with van der Waals surface area (Å²) in [4.78, 5) is 27.4. The number of benzene rings is 3. The van der Waals surface area contributed by atoms with Crippen molar-refractivity contribution in [1.82, 2.24) is 9.78 Å². The Kier molecular flexibility index (Phi) is 6.45. The van der Waals surface area contributed by atoms with E-state index in [1.807, 2.05) is 66.5 Å². The van der Waals surface area contributed by atoms with Crippen LogP contribution in [0.5, 0.6) is 0 Å². The zero-order valence-corrected chi connectivity index (χ0v) is 22.3. The fraction of sp³-hybridized carbons (Fsp3) is 0.303. The predicted octanol–water partition coefficient (Wildman–Crippen LogP) is 6.40. The predicted molar refractivity (Wildman–Crippen MR) is 154 cm³/mol. The van der Waals surface area contributed by atoms with Crippen molar-refractivity contribution in [3.8, 4) is 11.1 Å². The van der Waals surface area contributed by atoms with Crippen molar-refractivity contribution in [3.05, 3.63) is 90.1 Å². The first-order valence-corrected chi connectivity index (χ1v) is 13.5. The van der Waals surface area contributed by atoms with Gasteiger partial charge >= 0.3 is 5.97 Å². The largest absolute Gasteiger partial charge is 0.466 e. The second kappa shape index (κ2) is 10.5. The molecule has 3 aromatic carbocycles. The number of carbonyl (C=O) groups is 2. The molecule has 39 heavy (non-hydrogen) atoms. The molecule has 2 bridgehead atoms. The van der Waals surface area contributed by atoms with E-state index >= 15 is 0 Å². The lowest BCUT2D eigenvalue weighted by Gasteiger charge is -2.30. The van der Waals surface area contributed by atoms with Crippen molar-refractivity contribution in [1.29, 1.82) is 0 Å². The van der Waals surface area contributed by atoms with Crippen LogP contribution in [-0.2, 0) is 27.9 Å². The Labute approximate surface area is 230 Å². The highest BCUT2D eigenvalue weighted by Crippen LogP contribution is 2.49. The summed E-state index contributed by atoms with van der Waals surface area (Å²) in [5, 5.41) is 5.41. The van der Waals surface area contributed by atoms with E-state index in [2.05, 4.69) is 23.3 Å². The van der Waals surface area contributed by atoms with Gasteiger partial charge in [0.05, 0.1) is 26.7 Å². The van der Waals surface area contributed by atoms with Gasteiger partial charge in [-0.05, 0) is 83.7 Å². The Morgan fingerprint density at radius 2 is 1.90 bits per heavy atom. The minimum Gasteiger partial charge on any atom is -0.466 e. The summed E-state index contributed by atoms with van der Waals surface area (Å²) < 4.78 is 15.9. The molecule has 6 nitrogen and oxygen atoms in total. The number of carbonyl (C=O) groups excluding carboxylic acids is 2. The van der Waals surface area contributed by atoms with E-state index in [1.54, 1.807) is 11.0 Å². The van der Waals surface area contributed by atoms with Gasteiger partial charge in [-0.2, -0.15) is 5.10 Å². The van der Waals surface area contributed by atoms with Crippen molar-refractivity contribution in [3.63, 3.8) is 0 Å². The Morgan fingerprint density at radius 1 is 1.08 bits per heavy atom. The van der Waals surface area contributed by atoms with Crippen molar-refractivity contribution in [2.45, 2.75) is 32.2 Å². The lowest BCUT2D eigenvalue weighted by atomic mass is 9.87. The molecule has 0 saturated heterocycles. The van der Waals surface area contributed by atoms with Crippen LogP contribution in [0.2, 0.25) is 0 Å². The summed E-state index contributed by atoms with van der Waals surface area (Å²) in [7, 11) is 3.27. The molecule has 198 valence electrons. The van der Waals surface area contributed by atoms with E-state index in [0.717, 1.165) is 52.4 Å². The molecule has 2 aliphatic rings. The van der Waals surface area contributed by atoms with Gasteiger partial charge in [0.15, 0.2) is 0 Å². The number of esters is 1. The maximum atomic E-state index is 14.1. The quantitative estimate of drug-likeness (QED) is 0.209. The van der Waals surface area contributed by atoms with Gasteiger partial charge in [0.2, 0.25) is 5.91 Å². The van der Waals surface area contributed by atoms with Gasteiger partial charge in [0.1, 0.15) is 0 Å². The highest BCUT2D eigenvalue weighted by Gasteiger charge is 2.44. The van der Waals surface area contributed by atoms with E-state index in [9.17, 15) is 11.0 Å². The van der Waals surface area contributed by atoms with Crippen molar-refractivity contribution in [2.75, 3.05) is 12.0 Å². The van der Waals surface area contributed by atoms with Gasteiger partial charge in [-0.25, -0.2) is 4.79 Å². The molecule has 2 saturated carbocycles. The Hall–Kier alpha value is -4.19. The van der Waals surface area contributed by atoms with Crippen LogP contribution >= 0.6 is 0 Å². The number of aryl methyl sites for hydroxylation is 1. The standard InChI is InChI=1S/C33H33N3O3/c1-35-31-14-13-26(19-28(31)20-34-35)25-10-6-23(7-11-25)21-36(33(38)30-18-24-8-12-27(30)16-24)29-5-3-4-22(17-29)9-15-32(37)39-2/h3-7,9-11,13-15,17,19-20,24,27,30H,8,12,16,18,21H2,1-2H3/b15-9+/t24-,27+,30-/m1/s1/i21D/t21?,24-,27+,30-. The second-order valence-electron chi connectivity index (χ2n) is 10.7. The molecule has 1 aromatic heterocycles. The van der Waals surface area contributed by atoms with Crippen LogP contribution < -0.4 is 4.90 Å². The fourth-order valence-corrected chi connectivity index (χ4v) is 6.26. The molecular formula is C33H33N3O3. The third kappa shape index (κ3) is 5.11. The summed E-state index contributed by atoms with van der Waals surface area (Å²) in [5.41, 5.74) is 5.37. The Bertz CT molecular complexity index is 1590. The molecule has 0 radical (unpaired) electrons. The molecule has 1 heterocycles. The van der Waals surface area contributed by atoms with Gasteiger partial charge in [0.25, 0.3) is 0 Å². The van der Waals surface area contributed by atoms with Crippen LogP contribution in [0, 0.1) is 17.8 Å². The minimum absolute atomic E-state index is 0.0207. The van der Waals surface area contributed by atoms with Gasteiger partial charge in [0, 0.05) is 30.1 Å². The number of aromatic nitrogens is 2. The van der Waals surface area contributed by atoms with Crippen LogP contribution in [0.25, 0.3) is 28.1 Å². The normalized spacial score (nSPS) is 21.3. The number of ether oxygens (including phenoxy) is 1. The number of nitrogens with zero attached hydrogens (tertiary/aromatic N) is 3. The molecule has 6 heteroatoms. The number of anilines is 1. The van der Waals surface area contributed by atoms with E-state index in [1.165, 1.54) is 19.6 Å². The van der Waals surface area contributed by atoms with E-state index in [0.29, 0.717) is 17.5 Å². The summed E-state index contributed by atoms with van der Waals surface area (Å²) in [5.74, 6) is 0.551. The lowest BCUT2D eigenvalue weighted by molar-refractivity contribution is -0.134. The first-order chi connectivity index (χ1) is 19.4. The third-order valence-electron chi connectivity index (χ3n) is 8.32. The molecule has 0 N–H and O–H groups in total. The van der Waals surface area contributed by atoms with E-state index in [4.69, 9.17) is 4.74 Å². The Morgan fingerprint density at radius 3 is 2.64 bits per heavy atom. The monoisotopic (exact) mass is 520 g/mol. The second-order valence-corrected chi connectivity index (χ2v) is 10.7. The summed E-state index contributed by atoms with van der Waals surface area (Å²) in [6.07, 6.45) is 9.22. The number of hydrogen-bond donors (Lipinski definition) is 0. The van der Waals surface area contributed by atoms with Crippen molar-refractivity contribution < 1.29 is 15.7 Å². The Balaban J connectivity index is 1.31. The smallest absolute Gasteiger partial charge is 0.330 e. The maximum Gasteiger partial charge on any atom is 0.330 e. The van der Waals surface area contributed by atoms with Crippen LogP contribution in [0.3, 0.4) is 0 Å². The average molecular weight is 521 g/mol. The average Bonchev–Trinajstić information content (AvgIpc) is 3.72. The number of amides is 1. The zero-order valence-electron chi connectivity index (χ0n) is 23.3. The zero-order chi connectivity index (χ0) is 27.8. The number of rotatable bonds is 7. The van der Waals surface area contributed by atoms with Crippen LogP contribution in [0.1, 0.15) is 38.2 Å². The van der Waals surface area contributed by atoms with Crippen LogP contribution in [0.15, 0.2) is 79.0 Å². The van der Waals surface area contributed by atoms with Gasteiger partial charge in [-0.1, -0.05) is 48.9 Å². The molecule has 2 aliphatic carbocycles. The molecule has 0 spiro atoms. The summed E-state index contributed by atoms with van der Waals surface area (Å²) >= 11 is 0. The summed E-state index contributed by atoms with van der Waals surface area (Å²) in [6, 6.07) is 21.7. The fourth-order valence-electron chi connectivity index (χ4n) is 6.26. The van der Waals surface area contributed by atoms with Crippen molar-refractivity contribution in [2.24, 2.45) is 24.8 Å². The van der Waals surface area contributed by atoms with Crippen molar-refractivity contribution >= 4 is 34.5 Å². The van der Waals surface area contributed by atoms with Gasteiger partial charge < -0.3 is 9.64 Å². The number of hydrogen-bond acceptors (Lipinski definition) is 4. The molecule has 6 rings (SSSR count). The highest BCUT2D eigenvalue weighted by atomic mass is 16.5. The highest BCUT2D eigenvalue weighted by molar-refractivity contribution is 5.96. The maximum absolute atomic E-state index is 14.1. The molecular weight excluding hydrogens is 486 g/mol. The molecule has 2 fully saturated rings. The SMILES string of the molecule is [2H]C(c1ccc(-c2ccc3c(cnn3C)c2)cc1)N(C(=O)[C@@H]1C[C@@H]2CC[C@H]1C2)c1cccc(/C=C/C(=O)OC)c1. The molecule has 4 aromatic rings. The topological polar surface area (TPSA) is 64.4 Å². The van der Waals surface area contributed by atoms with Crippen LogP contribution in [-0.4, -0.2) is 28.8 Å². The van der Waals surface area contributed by atoms with E-state index in [-0.39, 0.29) is 11.8 Å². The first-order valence-electron chi connectivity index (χ1n) is 14.1. The first kappa shape index (κ1) is 23.9. The van der Waals surface area contributed by atoms with E-state index < -0.39 is 12.5 Å². The number of methoxy groups -OCH3 is 1. The molecule has 4 atom stereocenters. The third-order valence-corrected chi connectivity index (χ3v) is 8.32. The minimum atomic E-state index is -0.902. The van der Waals surface area contributed by atoms with Crippen LogP contribution in [0.4, 0.5) is 5.69 Å². The number of fused-ring (bicyclic) bond motifs is 3. The molecule has 1 unspecified atom stereocenters. The van der Waals surface area contributed by atoms with Gasteiger partial charge in [-0.3, -0.25) is 9.48 Å². The van der Waals surface area contributed by atoms with Gasteiger partial charge in [-0.15, -0.1) is 0 Å². The summed E-state index contributed by atoms with van der Waals surface area (Å²) in [6.45, 7) is -0.902. The molecule has 0 aliphatic heterocycles.